The van der Waals surface area contributed by atoms with Gasteiger partial charge in [0.25, 0.3) is 0 Å². The molecule has 0 saturated heterocycles. The molecule has 0 aromatic heterocycles. The molecule has 4 heteroatoms. The summed E-state index contributed by atoms with van der Waals surface area (Å²) in [4.78, 5) is 23.1. The first kappa shape index (κ1) is 21.9. The Kier molecular flexibility index (Phi) is 5.38. The van der Waals surface area contributed by atoms with Crippen LogP contribution in [0.1, 0.15) is 99.3 Å². The summed E-state index contributed by atoms with van der Waals surface area (Å²) in [6, 6.07) is 0. The maximum atomic E-state index is 11.6. The molecule has 0 aromatic rings. The molecule has 0 amide bonds. The summed E-state index contributed by atoms with van der Waals surface area (Å²) in [5.41, 5.74) is 3.88. The molecule has 0 radical (unpaired) electrons. The fourth-order valence-electron chi connectivity index (χ4n) is 8.06. The van der Waals surface area contributed by atoms with Crippen molar-refractivity contribution in [3.05, 3.63) is 11.1 Å². The molecule has 4 aliphatic carbocycles. The van der Waals surface area contributed by atoms with Gasteiger partial charge in [0, 0.05) is 19.3 Å². The van der Waals surface area contributed by atoms with E-state index in [-0.39, 0.29) is 35.0 Å². The zero-order valence-corrected chi connectivity index (χ0v) is 19.8. The van der Waals surface area contributed by atoms with Gasteiger partial charge in [-0.1, -0.05) is 31.9 Å². The second-order valence-electron chi connectivity index (χ2n) is 11.4. The van der Waals surface area contributed by atoms with Crippen molar-refractivity contribution in [2.75, 3.05) is 0 Å². The van der Waals surface area contributed by atoms with Crippen LogP contribution < -0.4 is 0 Å². The van der Waals surface area contributed by atoms with Crippen LogP contribution in [-0.2, 0) is 19.1 Å². The van der Waals surface area contributed by atoms with E-state index in [1.165, 1.54) is 39.5 Å². The number of ether oxygens (including phenoxy) is 2. The van der Waals surface area contributed by atoms with Crippen LogP contribution in [0.4, 0.5) is 0 Å². The topological polar surface area (TPSA) is 52.6 Å². The van der Waals surface area contributed by atoms with Crippen LogP contribution in [0.2, 0.25) is 0 Å². The summed E-state index contributed by atoms with van der Waals surface area (Å²) in [5, 5.41) is 0. The van der Waals surface area contributed by atoms with E-state index in [4.69, 9.17) is 9.47 Å². The Hall–Kier alpha value is -1.32. The number of allylic oxidation sites excluding steroid dienone is 1. The van der Waals surface area contributed by atoms with E-state index in [0.717, 1.165) is 38.0 Å². The van der Waals surface area contributed by atoms with E-state index in [1.807, 2.05) is 0 Å². The van der Waals surface area contributed by atoms with Crippen molar-refractivity contribution < 1.29 is 19.1 Å². The van der Waals surface area contributed by atoms with Crippen molar-refractivity contribution in [3.63, 3.8) is 0 Å². The summed E-state index contributed by atoms with van der Waals surface area (Å²) >= 11 is 0. The molecule has 0 heterocycles. The van der Waals surface area contributed by atoms with Crippen LogP contribution >= 0.6 is 0 Å². The van der Waals surface area contributed by atoms with Gasteiger partial charge in [0.2, 0.25) is 0 Å². The van der Waals surface area contributed by atoms with Crippen molar-refractivity contribution >= 4 is 11.9 Å². The Morgan fingerprint density at radius 2 is 1.70 bits per heavy atom. The summed E-state index contributed by atoms with van der Waals surface area (Å²) in [5.74, 6) is 1.10. The van der Waals surface area contributed by atoms with E-state index < -0.39 is 0 Å². The van der Waals surface area contributed by atoms with Crippen molar-refractivity contribution in [3.8, 4) is 0 Å². The minimum absolute atomic E-state index is 0.000611. The van der Waals surface area contributed by atoms with Crippen LogP contribution in [0.15, 0.2) is 11.1 Å². The zero-order valence-electron chi connectivity index (χ0n) is 19.8. The molecule has 0 aromatic carbocycles. The van der Waals surface area contributed by atoms with Gasteiger partial charge in [-0.2, -0.15) is 0 Å². The van der Waals surface area contributed by atoms with Crippen LogP contribution in [-0.4, -0.2) is 24.1 Å². The van der Waals surface area contributed by atoms with Gasteiger partial charge in [0.1, 0.15) is 12.2 Å². The zero-order chi connectivity index (χ0) is 21.9. The van der Waals surface area contributed by atoms with Crippen molar-refractivity contribution in [2.24, 2.45) is 28.1 Å². The molecular weight excluding hydrogens is 376 g/mol. The van der Waals surface area contributed by atoms with Gasteiger partial charge >= 0.3 is 11.9 Å². The number of carbonyl (C=O) groups excluding carboxylic acids is 2. The van der Waals surface area contributed by atoms with Gasteiger partial charge < -0.3 is 9.47 Å². The molecule has 2 fully saturated rings. The maximum absolute atomic E-state index is 11.6. The molecule has 2 saturated carbocycles. The average molecular weight is 417 g/mol. The molecule has 0 N–H and O–H groups in total. The number of esters is 2. The quantitative estimate of drug-likeness (QED) is 0.419. The Labute approximate surface area is 182 Å². The maximum Gasteiger partial charge on any atom is 0.302 e. The highest BCUT2D eigenvalue weighted by Gasteiger charge is 2.60. The lowest BCUT2D eigenvalue weighted by Crippen LogP contribution is -2.55. The first-order valence-electron chi connectivity index (χ1n) is 12.1. The van der Waals surface area contributed by atoms with Crippen LogP contribution in [0.3, 0.4) is 0 Å². The summed E-state index contributed by atoms with van der Waals surface area (Å²) < 4.78 is 11.3. The second-order valence-corrected chi connectivity index (χ2v) is 11.4. The molecule has 4 rings (SSSR count). The van der Waals surface area contributed by atoms with Crippen LogP contribution in [0, 0.1) is 28.1 Å². The largest absolute Gasteiger partial charge is 0.463 e. The molecule has 168 valence electrons. The third-order valence-electron chi connectivity index (χ3n) is 10.1. The predicted molar refractivity (Wildman–Crippen MR) is 117 cm³/mol. The molecule has 0 unspecified atom stereocenters. The highest BCUT2D eigenvalue weighted by molar-refractivity contribution is 5.66. The molecule has 0 aliphatic heterocycles. The molecular formula is C26H40O4. The van der Waals surface area contributed by atoms with E-state index in [0.29, 0.717) is 11.3 Å². The van der Waals surface area contributed by atoms with Crippen molar-refractivity contribution in [2.45, 2.75) is 112 Å². The number of hydrogen-bond donors (Lipinski definition) is 0. The molecule has 0 spiro atoms. The fraction of sp³-hybridized carbons (Fsp3) is 0.846. The monoisotopic (exact) mass is 416 g/mol. The van der Waals surface area contributed by atoms with Crippen molar-refractivity contribution in [1.29, 1.82) is 0 Å². The standard InChI is InChI=1S/C26H40O4/c1-16(29-17(2)27)25(5)13-11-20-21-10-12-24(4)15-19(30-18(3)28)9-14-26(24,6)23(21)8-7-22(20)25/h16,19,21,23H,7-15H2,1-6H3/t16-,19+,21+,23-,24-,25-,26+/m0/s1. The average Bonchev–Trinajstić information content (AvgIpc) is 3.00. The van der Waals surface area contributed by atoms with Crippen molar-refractivity contribution in [1.82, 2.24) is 0 Å². The lowest BCUT2D eigenvalue weighted by molar-refractivity contribution is -0.166. The fourth-order valence-corrected chi connectivity index (χ4v) is 8.06. The summed E-state index contributed by atoms with van der Waals surface area (Å²) in [6.45, 7) is 12.5. The second kappa shape index (κ2) is 7.38. The lowest BCUT2D eigenvalue weighted by Gasteiger charge is -2.62. The van der Waals surface area contributed by atoms with Gasteiger partial charge in [-0.05, 0) is 87.4 Å². The minimum Gasteiger partial charge on any atom is -0.463 e. The van der Waals surface area contributed by atoms with Crippen LogP contribution in [0.25, 0.3) is 0 Å². The number of carbonyl (C=O) groups is 2. The molecule has 30 heavy (non-hydrogen) atoms. The summed E-state index contributed by atoms with van der Waals surface area (Å²) in [7, 11) is 0. The smallest absolute Gasteiger partial charge is 0.302 e. The van der Waals surface area contributed by atoms with E-state index >= 15 is 0 Å². The van der Waals surface area contributed by atoms with Gasteiger partial charge in [-0.3, -0.25) is 9.59 Å². The van der Waals surface area contributed by atoms with Gasteiger partial charge in [0.05, 0.1) is 0 Å². The Balaban J connectivity index is 1.59. The Bertz CT molecular complexity index is 769. The molecule has 7 atom stereocenters. The Morgan fingerprint density at radius 1 is 0.967 bits per heavy atom. The third kappa shape index (κ3) is 3.24. The van der Waals surface area contributed by atoms with Gasteiger partial charge in [0.15, 0.2) is 0 Å². The molecule has 4 nitrogen and oxygen atoms in total. The van der Waals surface area contributed by atoms with Gasteiger partial charge in [-0.15, -0.1) is 0 Å². The number of rotatable bonds is 3. The van der Waals surface area contributed by atoms with E-state index in [2.05, 4.69) is 27.7 Å². The van der Waals surface area contributed by atoms with Crippen LogP contribution in [0.5, 0.6) is 0 Å². The summed E-state index contributed by atoms with van der Waals surface area (Å²) in [6.07, 6.45) is 10.4. The highest BCUT2D eigenvalue weighted by atomic mass is 16.5. The van der Waals surface area contributed by atoms with E-state index in [9.17, 15) is 9.59 Å². The minimum atomic E-state index is -0.169. The number of hydrogen-bond acceptors (Lipinski definition) is 4. The van der Waals surface area contributed by atoms with Gasteiger partial charge in [-0.25, -0.2) is 0 Å². The van der Waals surface area contributed by atoms with E-state index in [1.54, 1.807) is 11.1 Å². The lowest BCUT2D eigenvalue weighted by atomic mass is 9.43. The Morgan fingerprint density at radius 3 is 2.37 bits per heavy atom. The SMILES string of the molecule is CC(=O)O[C@@H]1CC[C@]2(C)[C@H]3CCC4=C(CC[C@@]4(C)[C@H](C)OC(C)=O)[C@H]3CC[C@@]2(C)C1. The third-order valence-corrected chi connectivity index (χ3v) is 10.1. The first-order chi connectivity index (χ1) is 14.0. The normalized spacial score (nSPS) is 43.9. The first-order valence-corrected chi connectivity index (χ1v) is 12.1. The predicted octanol–water partition coefficient (Wildman–Crippen LogP) is 5.98. The molecule has 0 bridgehead atoms. The number of fused-ring (bicyclic) bond motifs is 4. The highest BCUT2D eigenvalue weighted by Crippen LogP contribution is 2.68. The molecule has 4 aliphatic rings.